The summed E-state index contributed by atoms with van der Waals surface area (Å²) in [5.41, 5.74) is 4.97. The zero-order valence-electron chi connectivity index (χ0n) is 10.8. The van der Waals surface area contributed by atoms with Gasteiger partial charge in [0.15, 0.2) is 0 Å². The van der Waals surface area contributed by atoms with Crippen molar-refractivity contribution in [3.05, 3.63) is 29.6 Å². The summed E-state index contributed by atoms with van der Waals surface area (Å²) in [5.74, 6) is 6.18. The van der Waals surface area contributed by atoms with Crippen LogP contribution in [0, 0.1) is 6.92 Å². The average molecular weight is 247 g/mol. The Labute approximate surface area is 108 Å². The number of nitrogens with zero attached hydrogens (tertiary/aromatic N) is 2. The van der Waals surface area contributed by atoms with Crippen molar-refractivity contribution in [2.45, 2.75) is 45.2 Å². The fourth-order valence-corrected chi connectivity index (χ4v) is 2.24. The van der Waals surface area contributed by atoms with Crippen molar-refractivity contribution in [2.75, 3.05) is 0 Å². The van der Waals surface area contributed by atoms with Crippen LogP contribution in [-0.2, 0) is 6.54 Å². The van der Waals surface area contributed by atoms with Gasteiger partial charge in [-0.15, -0.1) is 0 Å². The van der Waals surface area contributed by atoms with Gasteiger partial charge in [0, 0.05) is 18.4 Å². The highest BCUT2D eigenvalue weighted by atomic mass is 15.3. The van der Waals surface area contributed by atoms with Gasteiger partial charge in [0.05, 0.1) is 6.54 Å². The molecule has 18 heavy (non-hydrogen) atoms. The number of hydrazine groups is 1. The van der Waals surface area contributed by atoms with Crippen LogP contribution in [0.5, 0.6) is 0 Å². The second-order valence-electron chi connectivity index (χ2n) is 4.74. The van der Waals surface area contributed by atoms with E-state index in [0.717, 1.165) is 5.56 Å². The van der Waals surface area contributed by atoms with Crippen molar-refractivity contribution in [1.29, 1.82) is 0 Å². The third-order valence-corrected chi connectivity index (χ3v) is 3.38. The van der Waals surface area contributed by atoms with E-state index >= 15 is 0 Å². The highest BCUT2D eigenvalue weighted by Gasteiger charge is 2.15. The highest BCUT2D eigenvalue weighted by molar-refractivity contribution is 5.79. The van der Waals surface area contributed by atoms with E-state index in [9.17, 15) is 0 Å². The van der Waals surface area contributed by atoms with E-state index in [1.165, 1.54) is 31.2 Å². The van der Waals surface area contributed by atoms with Gasteiger partial charge >= 0.3 is 0 Å². The van der Waals surface area contributed by atoms with Crippen molar-refractivity contribution in [2.24, 2.45) is 10.8 Å². The van der Waals surface area contributed by atoms with Gasteiger partial charge in [-0.3, -0.25) is 10.4 Å². The first-order valence-corrected chi connectivity index (χ1v) is 6.46. The summed E-state index contributed by atoms with van der Waals surface area (Å²) in [5, 5.41) is 3.35. The van der Waals surface area contributed by atoms with Crippen LogP contribution in [0.15, 0.2) is 23.5 Å². The zero-order chi connectivity index (χ0) is 12.8. The number of rotatable bonds is 3. The highest BCUT2D eigenvalue weighted by Crippen LogP contribution is 2.17. The van der Waals surface area contributed by atoms with E-state index in [2.05, 4.69) is 20.7 Å². The first-order valence-electron chi connectivity index (χ1n) is 6.46. The molecule has 2 rings (SSSR count). The summed E-state index contributed by atoms with van der Waals surface area (Å²) in [6, 6.07) is 2.50. The lowest BCUT2D eigenvalue weighted by Gasteiger charge is -2.15. The van der Waals surface area contributed by atoms with Crippen molar-refractivity contribution < 1.29 is 0 Å². The minimum atomic E-state index is 0.512. The van der Waals surface area contributed by atoms with E-state index in [1.54, 1.807) is 6.20 Å². The molecule has 1 aliphatic carbocycles. The molecule has 1 aromatic heterocycles. The summed E-state index contributed by atoms with van der Waals surface area (Å²) < 4.78 is 0. The molecule has 1 fully saturated rings. The third-order valence-electron chi connectivity index (χ3n) is 3.38. The molecule has 0 unspecified atom stereocenters. The number of nitrogens with two attached hydrogens (primary N) is 1. The molecule has 1 saturated carbocycles. The monoisotopic (exact) mass is 247 g/mol. The molecule has 0 bridgehead atoms. The number of hydrogen-bond donors (Lipinski definition) is 3. The number of aromatic nitrogens is 1. The van der Waals surface area contributed by atoms with Crippen molar-refractivity contribution in [1.82, 2.24) is 15.7 Å². The van der Waals surface area contributed by atoms with E-state index in [0.29, 0.717) is 18.5 Å². The Hall–Kier alpha value is -1.62. The molecule has 1 aliphatic rings. The quantitative estimate of drug-likeness (QED) is 0.325. The van der Waals surface area contributed by atoms with E-state index in [4.69, 9.17) is 5.84 Å². The molecule has 0 atom stereocenters. The first-order chi connectivity index (χ1) is 8.79. The molecule has 0 spiro atoms. The maximum Gasteiger partial charge on any atom is 0.206 e. The number of aliphatic imine (C=N–C) groups is 1. The van der Waals surface area contributed by atoms with Crippen LogP contribution in [0.2, 0.25) is 0 Å². The predicted molar refractivity (Wildman–Crippen MR) is 72.8 cm³/mol. The number of hydrogen-bond acceptors (Lipinski definition) is 3. The predicted octanol–water partition coefficient (Wildman–Crippen LogP) is 1.24. The van der Waals surface area contributed by atoms with Crippen LogP contribution in [-0.4, -0.2) is 17.0 Å². The fourth-order valence-electron chi connectivity index (χ4n) is 2.24. The Bertz CT molecular complexity index is 410. The lowest BCUT2D eigenvalue weighted by Crippen LogP contribution is -2.45. The SMILES string of the molecule is Cc1cnccc1CN=C(NN)NC1CCCC1. The third kappa shape index (κ3) is 3.43. The zero-order valence-corrected chi connectivity index (χ0v) is 10.8. The summed E-state index contributed by atoms with van der Waals surface area (Å²) >= 11 is 0. The van der Waals surface area contributed by atoms with Gasteiger partial charge in [-0.25, -0.2) is 10.8 Å². The molecule has 5 heteroatoms. The maximum absolute atomic E-state index is 5.50. The van der Waals surface area contributed by atoms with Crippen LogP contribution in [0.25, 0.3) is 0 Å². The summed E-state index contributed by atoms with van der Waals surface area (Å²) in [6.07, 6.45) is 8.63. The van der Waals surface area contributed by atoms with Crippen molar-refractivity contribution in [3.8, 4) is 0 Å². The van der Waals surface area contributed by atoms with Gasteiger partial charge in [0.1, 0.15) is 0 Å². The molecular weight excluding hydrogens is 226 g/mol. The van der Waals surface area contributed by atoms with Gasteiger partial charge in [-0.05, 0) is 37.0 Å². The van der Waals surface area contributed by atoms with Crippen LogP contribution >= 0.6 is 0 Å². The smallest absolute Gasteiger partial charge is 0.206 e. The lowest BCUT2D eigenvalue weighted by atomic mass is 10.2. The van der Waals surface area contributed by atoms with Crippen molar-refractivity contribution >= 4 is 5.96 Å². The minimum Gasteiger partial charge on any atom is -0.353 e. The summed E-state index contributed by atoms with van der Waals surface area (Å²) in [4.78, 5) is 8.55. The molecule has 0 radical (unpaired) electrons. The fraction of sp³-hybridized carbons (Fsp3) is 0.538. The molecule has 0 amide bonds. The Kier molecular flexibility index (Phi) is 4.52. The standard InChI is InChI=1S/C13H21N5/c1-10-8-15-7-6-11(10)9-16-13(18-14)17-12-4-2-3-5-12/h6-8,12H,2-5,9,14H2,1H3,(H2,16,17,18). The molecule has 0 aromatic carbocycles. The largest absolute Gasteiger partial charge is 0.353 e. The van der Waals surface area contributed by atoms with Crippen LogP contribution in [0.4, 0.5) is 0 Å². The Morgan fingerprint density at radius 2 is 2.28 bits per heavy atom. The van der Waals surface area contributed by atoms with Crippen LogP contribution in [0.3, 0.4) is 0 Å². The molecule has 98 valence electrons. The average Bonchev–Trinajstić information content (AvgIpc) is 2.89. The van der Waals surface area contributed by atoms with Crippen LogP contribution < -0.4 is 16.6 Å². The number of nitrogens with one attached hydrogen (secondary N) is 2. The maximum atomic E-state index is 5.50. The lowest BCUT2D eigenvalue weighted by molar-refractivity contribution is 0.614. The second-order valence-corrected chi connectivity index (χ2v) is 4.74. The van der Waals surface area contributed by atoms with Gasteiger partial charge in [-0.2, -0.15) is 0 Å². The molecule has 1 aromatic rings. The first kappa shape index (κ1) is 12.8. The Morgan fingerprint density at radius 3 is 2.94 bits per heavy atom. The topological polar surface area (TPSA) is 75.3 Å². The van der Waals surface area contributed by atoms with E-state index < -0.39 is 0 Å². The minimum absolute atomic E-state index is 0.512. The number of pyridine rings is 1. The Balaban J connectivity index is 1.95. The van der Waals surface area contributed by atoms with E-state index in [-0.39, 0.29) is 0 Å². The van der Waals surface area contributed by atoms with Gasteiger partial charge < -0.3 is 5.32 Å². The molecular formula is C13H21N5. The van der Waals surface area contributed by atoms with Crippen molar-refractivity contribution in [3.63, 3.8) is 0 Å². The summed E-state index contributed by atoms with van der Waals surface area (Å²) in [6.45, 7) is 2.66. The molecule has 0 aliphatic heterocycles. The molecule has 5 nitrogen and oxygen atoms in total. The molecule has 4 N–H and O–H groups in total. The normalized spacial score (nSPS) is 16.9. The van der Waals surface area contributed by atoms with Gasteiger partial charge in [-0.1, -0.05) is 12.8 Å². The van der Waals surface area contributed by atoms with Crippen LogP contribution in [0.1, 0.15) is 36.8 Å². The summed E-state index contributed by atoms with van der Waals surface area (Å²) in [7, 11) is 0. The molecule has 1 heterocycles. The number of guanidine groups is 1. The van der Waals surface area contributed by atoms with Gasteiger partial charge in [0.2, 0.25) is 5.96 Å². The molecule has 0 saturated heterocycles. The second kappa shape index (κ2) is 6.35. The van der Waals surface area contributed by atoms with Gasteiger partial charge in [0.25, 0.3) is 0 Å². The number of aryl methyl sites for hydroxylation is 1. The Morgan fingerprint density at radius 1 is 1.50 bits per heavy atom. The van der Waals surface area contributed by atoms with E-state index in [1.807, 2.05) is 19.2 Å².